The summed E-state index contributed by atoms with van der Waals surface area (Å²) in [6.07, 6.45) is 0. The van der Waals surface area contributed by atoms with Crippen molar-refractivity contribution in [1.29, 1.82) is 0 Å². The van der Waals surface area contributed by atoms with Gasteiger partial charge in [-0.3, -0.25) is 20.4 Å². The minimum atomic E-state index is -0.427. The van der Waals surface area contributed by atoms with Crippen LogP contribution in [0.4, 0.5) is 0 Å². The van der Waals surface area contributed by atoms with Gasteiger partial charge in [0, 0.05) is 16.6 Å². The van der Waals surface area contributed by atoms with Gasteiger partial charge in [0.25, 0.3) is 11.8 Å². The number of aromatic nitrogens is 3. The van der Waals surface area contributed by atoms with E-state index in [1.807, 2.05) is 6.92 Å². The van der Waals surface area contributed by atoms with E-state index in [0.29, 0.717) is 27.7 Å². The maximum absolute atomic E-state index is 12.2. The molecule has 0 saturated heterocycles. The van der Waals surface area contributed by atoms with Crippen LogP contribution in [0.5, 0.6) is 0 Å². The molecule has 0 unspecified atom stereocenters. The van der Waals surface area contributed by atoms with Gasteiger partial charge in [-0.2, -0.15) is 0 Å². The third-order valence-electron chi connectivity index (χ3n) is 3.48. The molecule has 122 valence electrons. The van der Waals surface area contributed by atoms with E-state index >= 15 is 0 Å². The van der Waals surface area contributed by atoms with Crippen molar-refractivity contribution in [3.63, 3.8) is 0 Å². The Labute approximate surface area is 146 Å². The van der Waals surface area contributed by atoms with Crippen LogP contribution in [-0.4, -0.2) is 26.8 Å². The molecule has 0 aliphatic heterocycles. The average molecular weight is 388 g/mol. The molecular formula is C16H14BrN5O2. The van der Waals surface area contributed by atoms with E-state index in [4.69, 9.17) is 0 Å². The van der Waals surface area contributed by atoms with Crippen molar-refractivity contribution in [1.82, 2.24) is 25.8 Å². The Hall–Kier alpha value is -2.74. The summed E-state index contributed by atoms with van der Waals surface area (Å²) in [4.78, 5) is 24.3. The fourth-order valence-electron chi connectivity index (χ4n) is 2.25. The number of benzene rings is 2. The minimum Gasteiger partial charge on any atom is -0.267 e. The number of hydrogen-bond acceptors (Lipinski definition) is 4. The fraction of sp³-hybridized carbons (Fsp3) is 0.125. The Kier molecular flexibility index (Phi) is 4.57. The Bertz CT molecular complexity index is 922. The summed E-state index contributed by atoms with van der Waals surface area (Å²) in [6, 6.07) is 12.0. The van der Waals surface area contributed by atoms with Crippen LogP contribution < -0.4 is 10.9 Å². The van der Waals surface area contributed by atoms with Crippen LogP contribution in [0.25, 0.3) is 11.0 Å². The molecule has 3 rings (SSSR count). The highest BCUT2D eigenvalue weighted by Crippen LogP contribution is 2.15. The largest absolute Gasteiger partial charge is 0.270 e. The zero-order chi connectivity index (χ0) is 17.1. The first-order valence-corrected chi connectivity index (χ1v) is 8.08. The summed E-state index contributed by atoms with van der Waals surface area (Å²) in [6.45, 7) is 2.66. The highest BCUT2D eigenvalue weighted by molar-refractivity contribution is 9.10. The van der Waals surface area contributed by atoms with E-state index in [-0.39, 0.29) is 0 Å². The SMILES string of the molecule is CCn1nnc2cc(C(=O)NNC(=O)c3ccccc3Br)ccc21. The predicted octanol–water partition coefficient (Wildman–Crippen LogP) is 2.29. The topological polar surface area (TPSA) is 88.9 Å². The second kappa shape index (κ2) is 6.79. The molecule has 0 aliphatic carbocycles. The maximum Gasteiger partial charge on any atom is 0.270 e. The summed E-state index contributed by atoms with van der Waals surface area (Å²) >= 11 is 3.29. The summed E-state index contributed by atoms with van der Waals surface area (Å²) < 4.78 is 2.39. The smallest absolute Gasteiger partial charge is 0.267 e. The molecule has 7 nitrogen and oxygen atoms in total. The highest BCUT2D eigenvalue weighted by atomic mass is 79.9. The molecule has 1 heterocycles. The van der Waals surface area contributed by atoms with Gasteiger partial charge in [0.15, 0.2) is 0 Å². The van der Waals surface area contributed by atoms with Crippen molar-refractivity contribution in [2.75, 3.05) is 0 Å². The lowest BCUT2D eigenvalue weighted by atomic mass is 10.2. The monoisotopic (exact) mass is 387 g/mol. The molecule has 0 atom stereocenters. The zero-order valence-corrected chi connectivity index (χ0v) is 14.4. The standard InChI is InChI=1S/C16H14BrN5O2/c1-2-22-14-8-7-10(9-13(14)18-21-22)15(23)19-20-16(24)11-5-3-4-6-12(11)17/h3-9H,2H2,1H3,(H,19,23)(H,20,24). The lowest BCUT2D eigenvalue weighted by Gasteiger charge is -2.08. The van der Waals surface area contributed by atoms with Gasteiger partial charge in [-0.15, -0.1) is 5.10 Å². The van der Waals surface area contributed by atoms with Crippen molar-refractivity contribution in [2.24, 2.45) is 0 Å². The number of hydrogen-bond donors (Lipinski definition) is 2. The molecule has 2 aromatic carbocycles. The number of carbonyl (C=O) groups is 2. The van der Waals surface area contributed by atoms with Crippen LogP contribution >= 0.6 is 15.9 Å². The van der Waals surface area contributed by atoms with Crippen molar-refractivity contribution in [3.8, 4) is 0 Å². The number of carbonyl (C=O) groups excluding carboxylic acids is 2. The van der Waals surface area contributed by atoms with Crippen molar-refractivity contribution >= 4 is 38.8 Å². The third kappa shape index (κ3) is 3.13. The number of nitrogens with one attached hydrogen (secondary N) is 2. The van der Waals surface area contributed by atoms with Gasteiger partial charge in [0.1, 0.15) is 5.52 Å². The van der Waals surface area contributed by atoms with Crippen molar-refractivity contribution in [3.05, 3.63) is 58.1 Å². The molecular weight excluding hydrogens is 374 g/mol. The number of nitrogens with zero attached hydrogens (tertiary/aromatic N) is 3. The average Bonchev–Trinajstić information content (AvgIpc) is 3.02. The van der Waals surface area contributed by atoms with Gasteiger partial charge < -0.3 is 0 Å². The number of rotatable bonds is 3. The summed E-state index contributed by atoms with van der Waals surface area (Å²) in [5, 5.41) is 8.02. The quantitative estimate of drug-likeness (QED) is 0.674. The molecule has 3 aromatic rings. The van der Waals surface area contributed by atoms with Gasteiger partial charge in [-0.25, -0.2) is 4.68 Å². The van der Waals surface area contributed by atoms with Crippen LogP contribution in [0.15, 0.2) is 46.9 Å². The Morgan fingerprint density at radius 1 is 1.12 bits per heavy atom. The molecule has 0 fully saturated rings. The number of hydrazine groups is 1. The maximum atomic E-state index is 12.2. The molecule has 0 saturated carbocycles. The van der Waals surface area contributed by atoms with Gasteiger partial charge in [0.2, 0.25) is 0 Å². The molecule has 24 heavy (non-hydrogen) atoms. The van der Waals surface area contributed by atoms with E-state index in [2.05, 4.69) is 37.1 Å². The number of halogens is 1. The summed E-state index contributed by atoms with van der Waals surface area (Å²) in [5.41, 5.74) is 7.08. The first-order valence-electron chi connectivity index (χ1n) is 7.28. The number of aryl methyl sites for hydroxylation is 1. The van der Waals surface area contributed by atoms with Gasteiger partial charge in [-0.05, 0) is 53.2 Å². The van der Waals surface area contributed by atoms with Gasteiger partial charge in [-0.1, -0.05) is 17.3 Å². The van der Waals surface area contributed by atoms with Gasteiger partial charge in [0.05, 0.1) is 11.1 Å². The number of amides is 2. The van der Waals surface area contributed by atoms with Gasteiger partial charge >= 0.3 is 0 Å². The lowest BCUT2D eigenvalue weighted by molar-refractivity contribution is 0.0846. The van der Waals surface area contributed by atoms with E-state index in [1.165, 1.54) is 0 Å². The molecule has 1 aromatic heterocycles. The summed E-state index contributed by atoms with van der Waals surface area (Å²) in [7, 11) is 0. The Morgan fingerprint density at radius 3 is 2.62 bits per heavy atom. The van der Waals surface area contributed by atoms with Crippen LogP contribution in [0.3, 0.4) is 0 Å². The van der Waals surface area contributed by atoms with Crippen molar-refractivity contribution in [2.45, 2.75) is 13.5 Å². The Morgan fingerprint density at radius 2 is 1.88 bits per heavy atom. The van der Waals surface area contributed by atoms with Crippen LogP contribution in [-0.2, 0) is 6.54 Å². The molecule has 0 bridgehead atoms. The molecule has 8 heteroatoms. The normalized spacial score (nSPS) is 10.6. The fourth-order valence-corrected chi connectivity index (χ4v) is 2.71. The molecule has 0 aliphatic rings. The molecule has 0 spiro atoms. The van der Waals surface area contributed by atoms with E-state index in [9.17, 15) is 9.59 Å². The lowest BCUT2D eigenvalue weighted by Crippen LogP contribution is -2.41. The predicted molar refractivity (Wildman–Crippen MR) is 92.3 cm³/mol. The van der Waals surface area contributed by atoms with E-state index in [0.717, 1.165) is 5.52 Å². The first kappa shape index (κ1) is 16.1. The molecule has 0 radical (unpaired) electrons. The minimum absolute atomic E-state index is 0.387. The van der Waals surface area contributed by atoms with E-state index < -0.39 is 11.8 Å². The first-order chi connectivity index (χ1) is 11.6. The molecule has 2 amide bonds. The third-order valence-corrected chi connectivity index (χ3v) is 4.18. The number of fused-ring (bicyclic) bond motifs is 1. The Balaban J connectivity index is 1.71. The van der Waals surface area contributed by atoms with Crippen LogP contribution in [0, 0.1) is 0 Å². The molecule has 2 N–H and O–H groups in total. The second-order valence-corrected chi connectivity index (χ2v) is 5.85. The van der Waals surface area contributed by atoms with Crippen LogP contribution in [0.1, 0.15) is 27.6 Å². The van der Waals surface area contributed by atoms with Crippen LogP contribution in [0.2, 0.25) is 0 Å². The zero-order valence-electron chi connectivity index (χ0n) is 12.8. The van der Waals surface area contributed by atoms with E-state index in [1.54, 1.807) is 47.1 Å². The summed E-state index contributed by atoms with van der Waals surface area (Å²) in [5.74, 6) is -0.836. The second-order valence-electron chi connectivity index (χ2n) is 5.00. The van der Waals surface area contributed by atoms with Crippen molar-refractivity contribution < 1.29 is 9.59 Å². The highest BCUT2D eigenvalue weighted by Gasteiger charge is 2.13.